The van der Waals surface area contributed by atoms with Gasteiger partial charge in [-0.1, -0.05) is 18.2 Å². The van der Waals surface area contributed by atoms with Crippen LogP contribution in [0.4, 0.5) is 11.4 Å². The summed E-state index contributed by atoms with van der Waals surface area (Å²) in [6, 6.07) is 18.1. The smallest absolute Gasteiger partial charge is 0.256 e. The second-order valence-electron chi connectivity index (χ2n) is 9.52. The number of fused-ring (bicyclic) bond motifs is 4. The van der Waals surface area contributed by atoms with E-state index < -0.39 is 0 Å². The number of aromatic nitrogens is 1. The SMILES string of the molecule is COCCNC(=O)c1ccc(N2CC3CC(C2)c2cccc(=O)n2C3)c(NC(=O)c2ccccc2Br)c1. The fourth-order valence-electron chi connectivity index (χ4n) is 5.35. The van der Waals surface area contributed by atoms with Crippen LogP contribution >= 0.6 is 15.9 Å². The Bertz CT molecular complexity index is 1390. The highest BCUT2D eigenvalue weighted by Crippen LogP contribution is 2.39. The Kier molecular flexibility index (Phi) is 7.43. The molecule has 37 heavy (non-hydrogen) atoms. The van der Waals surface area contributed by atoms with Gasteiger partial charge in [0.05, 0.1) is 23.5 Å². The fraction of sp³-hybridized carbons (Fsp3) is 0.321. The van der Waals surface area contributed by atoms with Gasteiger partial charge in [-0.2, -0.15) is 0 Å². The molecule has 2 unspecified atom stereocenters. The van der Waals surface area contributed by atoms with Gasteiger partial charge in [0.15, 0.2) is 0 Å². The quantitative estimate of drug-likeness (QED) is 0.425. The van der Waals surface area contributed by atoms with Crippen molar-refractivity contribution in [3.05, 3.63) is 92.3 Å². The van der Waals surface area contributed by atoms with Crippen molar-refractivity contribution in [3.63, 3.8) is 0 Å². The standard InChI is InChI=1S/C28H29BrN4O4/c1-37-12-11-30-27(35)19-9-10-25(23(14-19)31-28(36)21-5-2-3-6-22(21)29)32-15-18-13-20(17-32)24-7-4-8-26(34)33(24)16-18/h2-10,14,18,20H,11-13,15-17H2,1H3,(H,30,35)(H,31,36). The molecular weight excluding hydrogens is 536 g/mol. The van der Waals surface area contributed by atoms with Crippen molar-refractivity contribution in [2.24, 2.45) is 5.92 Å². The number of carbonyl (C=O) groups is 2. The molecular formula is C28H29BrN4O4. The van der Waals surface area contributed by atoms with Crippen molar-refractivity contribution < 1.29 is 14.3 Å². The lowest BCUT2D eigenvalue weighted by atomic mass is 9.83. The number of pyridine rings is 1. The van der Waals surface area contributed by atoms with Crippen molar-refractivity contribution in [3.8, 4) is 0 Å². The molecule has 1 aromatic heterocycles. The molecule has 0 aliphatic carbocycles. The van der Waals surface area contributed by atoms with Crippen LogP contribution in [0.5, 0.6) is 0 Å². The molecule has 2 N–H and O–H groups in total. The minimum Gasteiger partial charge on any atom is -0.383 e. The first kappa shape index (κ1) is 25.2. The number of ether oxygens (including phenoxy) is 1. The lowest BCUT2D eigenvalue weighted by Crippen LogP contribution is -2.47. The van der Waals surface area contributed by atoms with Gasteiger partial charge in [0.1, 0.15) is 0 Å². The van der Waals surface area contributed by atoms with Gasteiger partial charge in [-0.25, -0.2) is 0 Å². The average Bonchev–Trinajstić information content (AvgIpc) is 2.89. The molecule has 5 rings (SSSR count). The second kappa shape index (κ2) is 10.9. The van der Waals surface area contributed by atoms with E-state index >= 15 is 0 Å². The van der Waals surface area contributed by atoms with E-state index in [-0.39, 0.29) is 23.3 Å². The molecule has 0 spiro atoms. The summed E-state index contributed by atoms with van der Waals surface area (Å²) in [6.45, 7) is 2.97. The van der Waals surface area contributed by atoms with Crippen LogP contribution in [0.3, 0.4) is 0 Å². The van der Waals surface area contributed by atoms with Crippen LogP contribution in [0.2, 0.25) is 0 Å². The van der Waals surface area contributed by atoms with Gasteiger partial charge in [-0.3, -0.25) is 14.4 Å². The molecule has 9 heteroatoms. The van der Waals surface area contributed by atoms with Crippen LogP contribution in [0.25, 0.3) is 0 Å². The van der Waals surface area contributed by atoms with E-state index in [4.69, 9.17) is 4.74 Å². The molecule has 2 atom stereocenters. The van der Waals surface area contributed by atoms with Crippen molar-refractivity contribution in [1.82, 2.24) is 9.88 Å². The number of hydrogen-bond donors (Lipinski definition) is 2. The fourth-order valence-corrected chi connectivity index (χ4v) is 5.81. The summed E-state index contributed by atoms with van der Waals surface area (Å²) in [4.78, 5) is 40.7. The maximum atomic E-state index is 13.2. The third-order valence-electron chi connectivity index (χ3n) is 7.04. The number of nitrogens with one attached hydrogen (secondary N) is 2. The molecule has 2 aromatic carbocycles. The number of nitrogens with zero attached hydrogens (tertiary/aromatic N) is 2. The first-order chi connectivity index (χ1) is 17.9. The summed E-state index contributed by atoms with van der Waals surface area (Å²) >= 11 is 3.46. The molecule has 2 bridgehead atoms. The average molecular weight is 565 g/mol. The van der Waals surface area contributed by atoms with Crippen LogP contribution in [0.15, 0.2) is 69.9 Å². The highest BCUT2D eigenvalue weighted by Gasteiger charge is 2.35. The van der Waals surface area contributed by atoms with E-state index in [1.165, 1.54) is 0 Å². The highest BCUT2D eigenvalue weighted by atomic mass is 79.9. The number of piperidine rings is 1. The maximum Gasteiger partial charge on any atom is 0.256 e. The molecule has 2 aliphatic rings. The number of methoxy groups -OCH3 is 1. The molecule has 8 nitrogen and oxygen atoms in total. The lowest BCUT2D eigenvalue weighted by Gasteiger charge is -2.44. The van der Waals surface area contributed by atoms with Crippen molar-refractivity contribution in [2.75, 3.05) is 43.6 Å². The zero-order chi connectivity index (χ0) is 25.9. The van der Waals surface area contributed by atoms with E-state index in [2.05, 4.69) is 31.5 Å². The second-order valence-corrected chi connectivity index (χ2v) is 10.4. The Morgan fingerprint density at radius 1 is 1.03 bits per heavy atom. The minimum absolute atomic E-state index is 0.0471. The summed E-state index contributed by atoms with van der Waals surface area (Å²) in [5, 5.41) is 5.89. The summed E-state index contributed by atoms with van der Waals surface area (Å²) in [6.07, 6.45) is 1.03. The molecule has 1 saturated heterocycles. The Morgan fingerprint density at radius 2 is 1.86 bits per heavy atom. The summed E-state index contributed by atoms with van der Waals surface area (Å²) < 4.78 is 7.62. The van der Waals surface area contributed by atoms with E-state index in [0.717, 1.165) is 30.9 Å². The predicted octanol–water partition coefficient (Wildman–Crippen LogP) is 3.86. The predicted molar refractivity (Wildman–Crippen MR) is 147 cm³/mol. The van der Waals surface area contributed by atoms with Crippen molar-refractivity contribution >= 4 is 39.1 Å². The van der Waals surface area contributed by atoms with E-state index in [1.54, 1.807) is 31.4 Å². The van der Waals surface area contributed by atoms with Crippen LogP contribution < -0.4 is 21.1 Å². The molecule has 3 aromatic rings. The largest absolute Gasteiger partial charge is 0.383 e. The van der Waals surface area contributed by atoms with Gasteiger partial charge >= 0.3 is 0 Å². The Hall–Kier alpha value is -3.43. The lowest BCUT2D eigenvalue weighted by molar-refractivity contribution is 0.0936. The zero-order valence-electron chi connectivity index (χ0n) is 20.6. The van der Waals surface area contributed by atoms with E-state index in [9.17, 15) is 14.4 Å². The summed E-state index contributed by atoms with van der Waals surface area (Å²) in [5.41, 5.74) is 3.50. The van der Waals surface area contributed by atoms with Gasteiger partial charge in [-0.15, -0.1) is 0 Å². The molecule has 1 fully saturated rings. The monoisotopic (exact) mass is 564 g/mol. The molecule has 3 heterocycles. The van der Waals surface area contributed by atoms with E-state index in [0.29, 0.717) is 46.9 Å². The van der Waals surface area contributed by atoms with Crippen molar-refractivity contribution in [2.45, 2.75) is 18.9 Å². The van der Waals surface area contributed by atoms with Gasteiger partial charge < -0.3 is 24.8 Å². The zero-order valence-corrected chi connectivity index (χ0v) is 22.2. The van der Waals surface area contributed by atoms with Gasteiger partial charge in [-0.05, 0) is 64.7 Å². The number of halogens is 1. The third-order valence-corrected chi connectivity index (χ3v) is 7.73. The Labute approximate surface area is 223 Å². The minimum atomic E-state index is -0.264. The van der Waals surface area contributed by atoms with Crippen LogP contribution in [-0.4, -0.2) is 49.7 Å². The first-order valence-corrected chi connectivity index (χ1v) is 13.2. The van der Waals surface area contributed by atoms with Crippen LogP contribution in [0, 0.1) is 5.92 Å². The number of carbonyl (C=O) groups excluding carboxylic acids is 2. The van der Waals surface area contributed by atoms with Gasteiger partial charge in [0.25, 0.3) is 17.4 Å². The number of rotatable bonds is 7. The van der Waals surface area contributed by atoms with Crippen molar-refractivity contribution in [1.29, 1.82) is 0 Å². The van der Waals surface area contributed by atoms with Crippen LogP contribution in [0.1, 0.15) is 38.7 Å². The molecule has 192 valence electrons. The Balaban J connectivity index is 1.47. The molecule has 0 radical (unpaired) electrons. The molecule has 0 saturated carbocycles. The maximum absolute atomic E-state index is 13.2. The van der Waals surface area contributed by atoms with Gasteiger partial charge in [0.2, 0.25) is 0 Å². The van der Waals surface area contributed by atoms with Gasteiger partial charge in [0, 0.05) is 61.0 Å². The Morgan fingerprint density at radius 3 is 2.68 bits per heavy atom. The van der Waals surface area contributed by atoms with E-state index in [1.807, 2.05) is 41.0 Å². The normalized spacial score (nSPS) is 18.2. The third kappa shape index (κ3) is 5.33. The number of benzene rings is 2. The topological polar surface area (TPSA) is 92.7 Å². The molecule has 2 aliphatic heterocycles. The number of hydrogen-bond acceptors (Lipinski definition) is 5. The number of amides is 2. The summed E-state index contributed by atoms with van der Waals surface area (Å²) in [7, 11) is 1.58. The summed E-state index contributed by atoms with van der Waals surface area (Å²) in [5.74, 6) is 0.0315. The molecule has 2 amide bonds. The number of anilines is 2. The van der Waals surface area contributed by atoms with Crippen LogP contribution in [-0.2, 0) is 11.3 Å². The highest BCUT2D eigenvalue weighted by molar-refractivity contribution is 9.10. The first-order valence-electron chi connectivity index (χ1n) is 12.4.